The molecular formula is C15H18FN3OS. The van der Waals surface area contributed by atoms with Crippen molar-refractivity contribution in [1.29, 1.82) is 0 Å². The summed E-state index contributed by atoms with van der Waals surface area (Å²) in [7, 11) is 3.59. The molecule has 112 valence electrons. The van der Waals surface area contributed by atoms with Gasteiger partial charge in [0.25, 0.3) is 0 Å². The average Bonchev–Trinajstić information content (AvgIpc) is 2.98. The molecule has 0 atom stereocenters. The second-order valence-electron chi connectivity index (χ2n) is 5.15. The van der Waals surface area contributed by atoms with Crippen LogP contribution in [-0.2, 0) is 0 Å². The van der Waals surface area contributed by atoms with Crippen molar-refractivity contribution >= 4 is 16.5 Å². The van der Waals surface area contributed by atoms with Crippen LogP contribution in [0.4, 0.5) is 9.52 Å². The average molecular weight is 307 g/mol. The Bertz CT molecular complexity index is 623. The number of piperazine rings is 1. The van der Waals surface area contributed by atoms with Gasteiger partial charge >= 0.3 is 0 Å². The highest BCUT2D eigenvalue weighted by molar-refractivity contribution is 7.14. The summed E-state index contributed by atoms with van der Waals surface area (Å²) in [5, 5.41) is 2.99. The first kappa shape index (κ1) is 14.3. The largest absolute Gasteiger partial charge is 0.494 e. The van der Waals surface area contributed by atoms with Crippen LogP contribution < -0.4 is 9.64 Å². The number of methoxy groups -OCH3 is 1. The number of likely N-dealkylation sites (N-methyl/N-ethyl adjacent to an activating group) is 1. The molecule has 21 heavy (non-hydrogen) atoms. The van der Waals surface area contributed by atoms with Gasteiger partial charge in [0.1, 0.15) is 0 Å². The molecule has 1 fully saturated rings. The number of aromatic nitrogens is 1. The minimum absolute atomic E-state index is 0.258. The number of thiazole rings is 1. The Hall–Kier alpha value is -1.66. The van der Waals surface area contributed by atoms with Gasteiger partial charge in [-0.3, -0.25) is 0 Å². The summed E-state index contributed by atoms with van der Waals surface area (Å²) >= 11 is 1.61. The Morgan fingerprint density at radius 2 is 2.00 bits per heavy atom. The van der Waals surface area contributed by atoms with Gasteiger partial charge in [0.15, 0.2) is 16.7 Å². The van der Waals surface area contributed by atoms with Crippen LogP contribution in [0, 0.1) is 5.82 Å². The summed E-state index contributed by atoms with van der Waals surface area (Å²) in [6.45, 7) is 4.07. The van der Waals surface area contributed by atoms with Crippen molar-refractivity contribution in [1.82, 2.24) is 9.88 Å². The fourth-order valence-corrected chi connectivity index (χ4v) is 3.25. The minimum atomic E-state index is -0.357. The van der Waals surface area contributed by atoms with Crippen molar-refractivity contribution in [2.24, 2.45) is 0 Å². The molecule has 6 heteroatoms. The van der Waals surface area contributed by atoms with Crippen LogP contribution in [-0.4, -0.2) is 50.2 Å². The molecule has 1 saturated heterocycles. The van der Waals surface area contributed by atoms with E-state index in [9.17, 15) is 4.39 Å². The predicted molar refractivity (Wildman–Crippen MR) is 83.8 cm³/mol. The maximum absolute atomic E-state index is 13.8. The van der Waals surface area contributed by atoms with Gasteiger partial charge in [-0.25, -0.2) is 9.37 Å². The molecule has 2 heterocycles. The Kier molecular flexibility index (Phi) is 4.07. The van der Waals surface area contributed by atoms with Gasteiger partial charge in [0.2, 0.25) is 0 Å². The summed E-state index contributed by atoms with van der Waals surface area (Å²) in [6.07, 6.45) is 0. The lowest BCUT2D eigenvalue weighted by atomic mass is 10.1. The van der Waals surface area contributed by atoms with Gasteiger partial charge in [0.05, 0.1) is 12.8 Å². The topological polar surface area (TPSA) is 28.6 Å². The first-order valence-corrected chi connectivity index (χ1v) is 7.78. The number of hydrogen-bond acceptors (Lipinski definition) is 5. The van der Waals surface area contributed by atoms with Gasteiger partial charge in [0, 0.05) is 37.1 Å². The van der Waals surface area contributed by atoms with Crippen molar-refractivity contribution in [2.75, 3.05) is 45.2 Å². The molecule has 1 aliphatic heterocycles. The van der Waals surface area contributed by atoms with Gasteiger partial charge < -0.3 is 14.5 Å². The molecule has 1 aliphatic rings. The van der Waals surface area contributed by atoms with Gasteiger partial charge in [-0.05, 0) is 25.2 Å². The standard InChI is InChI=1S/C15H18FN3OS/c1-18-5-7-19(8-6-18)15-17-13(10-21-15)11-3-4-14(20-2)12(16)9-11/h3-4,9-10H,5-8H2,1-2H3. The second kappa shape index (κ2) is 5.99. The van der Waals surface area contributed by atoms with Crippen molar-refractivity contribution in [2.45, 2.75) is 0 Å². The monoisotopic (exact) mass is 307 g/mol. The highest BCUT2D eigenvalue weighted by Gasteiger charge is 2.17. The van der Waals surface area contributed by atoms with Crippen LogP contribution in [0.5, 0.6) is 5.75 Å². The lowest BCUT2D eigenvalue weighted by molar-refractivity contribution is 0.313. The number of halogens is 1. The van der Waals surface area contributed by atoms with E-state index < -0.39 is 0 Å². The summed E-state index contributed by atoms with van der Waals surface area (Å²) in [4.78, 5) is 9.24. The first-order valence-electron chi connectivity index (χ1n) is 6.90. The van der Waals surface area contributed by atoms with Gasteiger partial charge in [-0.2, -0.15) is 0 Å². The van der Waals surface area contributed by atoms with Crippen LogP contribution >= 0.6 is 11.3 Å². The number of anilines is 1. The summed E-state index contributed by atoms with van der Waals surface area (Å²) in [5.41, 5.74) is 1.60. The van der Waals surface area contributed by atoms with Gasteiger partial charge in [-0.1, -0.05) is 0 Å². The summed E-state index contributed by atoms with van der Waals surface area (Å²) in [6, 6.07) is 4.95. The molecule has 0 N–H and O–H groups in total. The molecule has 1 aromatic heterocycles. The van der Waals surface area contributed by atoms with Crippen molar-refractivity contribution in [3.63, 3.8) is 0 Å². The van der Waals surface area contributed by atoms with Crippen LogP contribution in [0.25, 0.3) is 11.3 Å². The summed E-state index contributed by atoms with van der Waals surface area (Å²) in [5.74, 6) is -0.0996. The lowest BCUT2D eigenvalue weighted by Gasteiger charge is -2.32. The molecule has 0 aliphatic carbocycles. The number of ether oxygens (including phenoxy) is 1. The van der Waals surface area contributed by atoms with Crippen molar-refractivity contribution in [3.8, 4) is 17.0 Å². The highest BCUT2D eigenvalue weighted by atomic mass is 32.1. The molecule has 0 unspecified atom stereocenters. The van der Waals surface area contributed by atoms with Gasteiger partial charge in [-0.15, -0.1) is 11.3 Å². The molecular weight excluding hydrogens is 289 g/mol. The van der Waals surface area contributed by atoms with E-state index in [4.69, 9.17) is 4.74 Å². The van der Waals surface area contributed by atoms with E-state index in [2.05, 4.69) is 21.8 Å². The minimum Gasteiger partial charge on any atom is -0.494 e. The Morgan fingerprint density at radius 3 is 2.67 bits per heavy atom. The number of hydrogen-bond donors (Lipinski definition) is 0. The van der Waals surface area contributed by atoms with E-state index in [0.717, 1.165) is 42.6 Å². The fraction of sp³-hybridized carbons (Fsp3) is 0.400. The van der Waals surface area contributed by atoms with E-state index in [0.29, 0.717) is 0 Å². The smallest absolute Gasteiger partial charge is 0.185 e. The quantitative estimate of drug-likeness (QED) is 0.872. The van der Waals surface area contributed by atoms with E-state index >= 15 is 0 Å². The molecule has 1 aromatic carbocycles. The molecule has 4 nitrogen and oxygen atoms in total. The van der Waals surface area contributed by atoms with Crippen molar-refractivity contribution < 1.29 is 9.13 Å². The van der Waals surface area contributed by atoms with Crippen LogP contribution in [0.1, 0.15) is 0 Å². The fourth-order valence-electron chi connectivity index (χ4n) is 2.37. The zero-order chi connectivity index (χ0) is 14.8. The van der Waals surface area contributed by atoms with E-state index in [1.165, 1.54) is 13.2 Å². The maximum Gasteiger partial charge on any atom is 0.185 e. The molecule has 2 aromatic rings. The zero-order valence-corrected chi connectivity index (χ0v) is 13.0. The van der Waals surface area contributed by atoms with Crippen LogP contribution in [0.2, 0.25) is 0 Å². The van der Waals surface area contributed by atoms with Crippen molar-refractivity contribution in [3.05, 3.63) is 29.4 Å². The van der Waals surface area contributed by atoms with E-state index in [-0.39, 0.29) is 11.6 Å². The highest BCUT2D eigenvalue weighted by Crippen LogP contribution is 2.30. The predicted octanol–water partition coefficient (Wildman–Crippen LogP) is 2.71. The molecule has 0 bridgehead atoms. The first-order chi connectivity index (χ1) is 10.2. The normalized spacial score (nSPS) is 16.2. The number of benzene rings is 1. The molecule has 3 rings (SSSR count). The molecule has 0 spiro atoms. The zero-order valence-electron chi connectivity index (χ0n) is 12.2. The molecule has 0 radical (unpaired) electrons. The summed E-state index contributed by atoms with van der Waals surface area (Å²) < 4.78 is 18.7. The molecule has 0 saturated carbocycles. The van der Waals surface area contributed by atoms with Crippen LogP contribution in [0.15, 0.2) is 23.6 Å². The Labute approximate surface area is 127 Å². The molecule has 0 amide bonds. The SMILES string of the molecule is COc1ccc(-c2csc(N3CCN(C)CC3)n2)cc1F. The number of nitrogens with zero attached hydrogens (tertiary/aromatic N) is 3. The lowest BCUT2D eigenvalue weighted by Crippen LogP contribution is -2.44. The second-order valence-corrected chi connectivity index (χ2v) is 5.99. The third-order valence-corrected chi connectivity index (χ3v) is 4.61. The van der Waals surface area contributed by atoms with Crippen LogP contribution in [0.3, 0.4) is 0 Å². The third-order valence-electron chi connectivity index (χ3n) is 3.71. The van der Waals surface area contributed by atoms with E-state index in [1.807, 2.05) is 11.4 Å². The Morgan fingerprint density at radius 1 is 1.24 bits per heavy atom. The van der Waals surface area contributed by atoms with E-state index in [1.54, 1.807) is 17.4 Å². The maximum atomic E-state index is 13.8. The number of rotatable bonds is 3. The Balaban J connectivity index is 1.80. The third kappa shape index (κ3) is 3.01.